The fourth-order valence-electron chi connectivity index (χ4n) is 4.81. The van der Waals surface area contributed by atoms with Gasteiger partial charge in [-0.3, -0.25) is 4.79 Å². The molecule has 0 saturated carbocycles. The normalized spacial score (nSPS) is 17.1. The van der Waals surface area contributed by atoms with Crippen molar-refractivity contribution in [3.8, 4) is 11.1 Å². The van der Waals surface area contributed by atoms with Gasteiger partial charge < -0.3 is 25.2 Å². The van der Waals surface area contributed by atoms with Gasteiger partial charge in [-0.05, 0) is 46.6 Å². The maximum atomic E-state index is 12.9. The Balaban J connectivity index is 1.39. The van der Waals surface area contributed by atoms with E-state index in [1.54, 1.807) is 11.8 Å². The van der Waals surface area contributed by atoms with Crippen molar-refractivity contribution in [2.75, 3.05) is 31.8 Å². The highest BCUT2D eigenvalue weighted by atomic mass is 32.2. The Morgan fingerprint density at radius 1 is 1.06 bits per heavy atom. The Bertz CT molecular complexity index is 1040. The van der Waals surface area contributed by atoms with E-state index in [4.69, 9.17) is 14.6 Å². The summed E-state index contributed by atoms with van der Waals surface area (Å²) in [6, 6.07) is 16.3. The topological polar surface area (TPSA) is 114 Å². The Morgan fingerprint density at radius 3 is 2.23 bits per heavy atom. The summed E-state index contributed by atoms with van der Waals surface area (Å²) in [5.74, 6) is 0.100. The van der Waals surface area contributed by atoms with E-state index >= 15 is 0 Å². The monoisotopic (exact) mass is 498 g/mol. The molecule has 1 heterocycles. The fraction of sp³-hybridized carbons (Fsp3) is 0.423. The molecule has 0 spiro atoms. The maximum Gasteiger partial charge on any atom is 0.407 e. The van der Waals surface area contributed by atoms with Gasteiger partial charge in [-0.1, -0.05) is 48.5 Å². The highest BCUT2D eigenvalue weighted by molar-refractivity contribution is 7.99. The number of amides is 2. The molecule has 4 rings (SSSR count). The average Bonchev–Trinajstić information content (AvgIpc) is 3.17. The third kappa shape index (κ3) is 5.79. The van der Waals surface area contributed by atoms with Crippen LogP contribution in [0.1, 0.15) is 36.3 Å². The molecule has 8 nitrogen and oxygen atoms in total. The first kappa shape index (κ1) is 25.1. The number of ether oxygens (including phenoxy) is 2. The van der Waals surface area contributed by atoms with Gasteiger partial charge in [0.25, 0.3) is 0 Å². The van der Waals surface area contributed by atoms with E-state index in [9.17, 15) is 14.4 Å². The van der Waals surface area contributed by atoms with Crippen LogP contribution in [0, 0.1) is 0 Å². The summed E-state index contributed by atoms with van der Waals surface area (Å²) in [7, 11) is 1.28. The molecule has 1 atom stereocenters. The summed E-state index contributed by atoms with van der Waals surface area (Å²) in [5, 5.41) is 14.7. The van der Waals surface area contributed by atoms with Crippen molar-refractivity contribution in [2.45, 2.75) is 36.8 Å². The molecule has 2 amide bonds. The molecule has 186 valence electrons. The number of thioether (sulfide) groups is 1. The number of hydrogen-bond donors (Lipinski definition) is 3. The first-order valence-electron chi connectivity index (χ1n) is 11.7. The zero-order valence-corrected chi connectivity index (χ0v) is 20.4. The fourth-order valence-corrected chi connectivity index (χ4v) is 6.08. The molecule has 2 aliphatic rings. The molecule has 1 unspecified atom stereocenters. The second-order valence-electron chi connectivity index (χ2n) is 8.89. The zero-order chi connectivity index (χ0) is 24.8. The quantitative estimate of drug-likeness (QED) is 0.486. The molecule has 0 bridgehead atoms. The number of rotatable bonds is 9. The second-order valence-corrected chi connectivity index (χ2v) is 10.1. The number of methoxy groups -OCH3 is 1. The van der Waals surface area contributed by atoms with Gasteiger partial charge in [0.2, 0.25) is 5.91 Å². The van der Waals surface area contributed by atoms with Crippen LogP contribution in [-0.4, -0.2) is 66.5 Å². The standard InChI is InChI=1S/C26H30N2O6S/c1-33-22(24(30)31)15-27-23(29)14-26(10-12-35-13-11-26)28-25(32)34-16-21-19-8-4-2-6-17(19)18-7-3-5-9-20(18)21/h2-9,21-22H,10-16H2,1H3,(H,27,29)(H,28,32)(H,30,31). The average molecular weight is 499 g/mol. The summed E-state index contributed by atoms with van der Waals surface area (Å²) >= 11 is 1.77. The predicted octanol–water partition coefficient (Wildman–Crippen LogP) is 3.40. The number of nitrogens with one attached hydrogen (secondary N) is 2. The first-order valence-corrected chi connectivity index (χ1v) is 12.8. The molecule has 1 fully saturated rings. The number of hydrogen-bond acceptors (Lipinski definition) is 6. The molecule has 1 saturated heterocycles. The Labute approximate surface area is 208 Å². The van der Waals surface area contributed by atoms with Gasteiger partial charge in [-0.25, -0.2) is 9.59 Å². The third-order valence-electron chi connectivity index (χ3n) is 6.70. The second kappa shape index (κ2) is 11.1. The first-order chi connectivity index (χ1) is 16.9. The van der Waals surface area contributed by atoms with Crippen molar-refractivity contribution >= 4 is 29.7 Å². The van der Waals surface area contributed by atoms with Crippen LogP contribution in [0.3, 0.4) is 0 Å². The van der Waals surface area contributed by atoms with Crippen LogP contribution in [0.5, 0.6) is 0 Å². The molecule has 2 aromatic carbocycles. The van der Waals surface area contributed by atoms with E-state index < -0.39 is 23.7 Å². The Kier molecular flexibility index (Phi) is 7.97. The summed E-state index contributed by atoms with van der Waals surface area (Å²) in [6.45, 7) is 0.0610. The van der Waals surface area contributed by atoms with Crippen molar-refractivity contribution in [1.29, 1.82) is 0 Å². The molecule has 0 radical (unpaired) electrons. The van der Waals surface area contributed by atoms with E-state index in [0.717, 1.165) is 33.8 Å². The Hall–Kier alpha value is -3.04. The van der Waals surface area contributed by atoms with Crippen LogP contribution in [0.25, 0.3) is 11.1 Å². The van der Waals surface area contributed by atoms with Crippen LogP contribution in [0.2, 0.25) is 0 Å². The van der Waals surface area contributed by atoms with Crippen molar-refractivity contribution in [3.05, 3.63) is 59.7 Å². The third-order valence-corrected chi connectivity index (χ3v) is 7.69. The smallest absolute Gasteiger partial charge is 0.407 e. The van der Waals surface area contributed by atoms with E-state index in [2.05, 4.69) is 34.9 Å². The number of carboxylic acids is 1. The van der Waals surface area contributed by atoms with E-state index in [-0.39, 0.29) is 31.4 Å². The molecule has 9 heteroatoms. The summed E-state index contributed by atoms with van der Waals surface area (Å²) in [5.41, 5.74) is 3.85. The van der Waals surface area contributed by atoms with Crippen LogP contribution in [0.15, 0.2) is 48.5 Å². The molecule has 2 aromatic rings. The lowest BCUT2D eigenvalue weighted by molar-refractivity contribution is -0.148. The van der Waals surface area contributed by atoms with Crippen LogP contribution in [0.4, 0.5) is 4.79 Å². The van der Waals surface area contributed by atoms with Crippen molar-refractivity contribution in [2.24, 2.45) is 0 Å². The number of alkyl carbamates (subject to hydrolysis) is 1. The Morgan fingerprint density at radius 2 is 1.66 bits per heavy atom. The van der Waals surface area contributed by atoms with Gasteiger partial charge in [-0.2, -0.15) is 11.8 Å². The van der Waals surface area contributed by atoms with Gasteiger partial charge in [0.05, 0.1) is 12.1 Å². The summed E-state index contributed by atoms with van der Waals surface area (Å²) in [6.07, 6.45) is -0.365. The largest absolute Gasteiger partial charge is 0.479 e. The number of carbonyl (C=O) groups is 3. The minimum absolute atomic E-state index is 0.0451. The number of carbonyl (C=O) groups excluding carboxylic acids is 2. The van der Waals surface area contributed by atoms with Gasteiger partial charge in [-0.15, -0.1) is 0 Å². The predicted molar refractivity (Wildman–Crippen MR) is 134 cm³/mol. The van der Waals surface area contributed by atoms with Gasteiger partial charge in [0.15, 0.2) is 6.10 Å². The van der Waals surface area contributed by atoms with E-state index in [1.807, 2.05) is 24.3 Å². The number of benzene rings is 2. The minimum Gasteiger partial charge on any atom is -0.479 e. The highest BCUT2D eigenvalue weighted by Crippen LogP contribution is 2.44. The molecular formula is C26H30N2O6S. The minimum atomic E-state index is -1.15. The maximum absolute atomic E-state index is 12.9. The summed E-state index contributed by atoms with van der Waals surface area (Å²) < 4.78 is 10.6. The van der Waals surface area contributed by atoms with E-state index in [0.29, 0.717) is 12.8 Å². The lowest BCUT2D eigenvalue weighted by atomic mass is 9.88. The lowest BCUT2D eigenvalue weighted by Gasteiger charge is -2.37. The molecule has 35 heavy (non-hydrogen) atoms. The molecule has 0 aromatic heterocycles. The van der Waals surface area contributed by atoms with Crippen molar-refractivity contribution < 1.29 is 29.0 Å². The number of fused-ring (bicyclic) bond motifs is 3. The molecule has 1 aliphatic heterocycles. The van der Waals surface area contributed by atoms with Gasteiger partial charge in [0.1, 0.15) is 6.61 Å². The van der Waals surface area contributed by atoms with E-state index in [1.165, 1.54) is 7.11 Å². The number of carboxylic acid groups (broad SMARTS) is 1. The van der Waals surface area contributed by atoms with Gasteiger partial charge >= 0.3 is 12.1 Å². The molecular weight excluding hydrogens is 468 g/mol. The molecule has 3 N–H and O–H groups in total. The van der Waals surface area contributed by atoms with Crippen molar-refractivity contribution in [3.63, 3.8) is 0 Å². The molecule has 1 aliphatic carbocycles. The SMILES string of the molecule is COC(CNC(=O)CC1(NC(=O)OCC2c3ccccc3-c3ccccc32)CCSCC1)C(=O)O. The summed E-state index contributed by atoms with van der Waals surface area (Å²) in [4.78, 5) is 36.7. The number of aliphatic carboxylic acids is 1. The van der Waals surface area contributed by atoms with Crippen molar-refractivity contribution in [1.82, 2.24) is 10.6 Å². The van der Waals surface area contributed by atoms with Crippen LogP contribution < -0.4 is 10.6 Å². The van der Waals surface area contributed by atoms with Gasteiger partial charge in [0, 0.05) is 19.4 Å². The van der Waals surface area contributed by atoms with Crippen LogP contribution >= 0.6 is 11.8 Å². The van der Waals surface area contributed by atoms with Crippen LogP contribution in [-0.2, 0) is 19.1 Å². The zero-order valence-electron chi connectivity index (χ0n) is 19.6. The lowest BCUT2D eigenvalue weighted by Crippen LogP contribution is -2.54. The highest BCUT2D eigenvalue weighted by Gasteiger charge is 2.37.